The standard InChI is InChI=1S/C28H29FN4O3/c1-17(2)32-20(5)31-33(28(32)35)25-16-26(36-19(4)21-11-7-6-8-12-21)23(15-24(25)29)27(34)30-22-13-9-10-18(3)14-22/h6-17,19H,1-5H3,(H,30,34)/t19-/m0/s1. The molecule has 0 bridgehead atoms. The van der Waals surface area contributed by atoms with E-state index >= 15 is 4.39 Å². The molecular formula is C28H29FN4O3. The molecule has 186 valence electrons. The van der Waals surface area contributed by atoms with Crippen LogP contribution in [0.5, 0.6) is 5.75 Å². The Labute approximate surface area is 209 Å². The van der Waals surface area contributed by atoms with Crippen molar-refractivity contribution in [1.29, 1.82) is 0 Å². The minimum absolute atomic E-state index is 0.00796. The molecule has 4 aromatic rings. The lowest BCUT2D eigenvalue weighted by Gasteiger charge is -2.19. The maximum atomic E-state index is 15.4. The topological polar surface area (TPSA) is 78.2 Å². The van der Waals surface area contributed by atoms with Crippen LogP contribution in [0.25, 0.3) is 5.69 Å². The first-order valence-corrected chi connectivity index (χ1v) is 11.8. The van der Waals surface area contributed by atoms with E-state index in [9.17, 15) is 9.59 Å². The van der Waals surface area contributed by atoms with Crippen molar-refractivity contribution < 1.29 is 13.9 Å². The third kappa shape index (κ3) is 5.07. The summed E-state index contributed by atoms with van der Waals surface area (Å²) in [6.45, 7) is 9.14. The predicted molar refractivity (Wildman–Crippen MR) is 138 cm³/mol. The summed E-state index contributed by atoms with van der Waals surface area (Å²) in [5, 5.41) is 7.07. The zero-order valence-electron chi connectivity index (χ0n) is 20.9. The van der Waals surface area contributed by atoms with E-state index in [4.69, 9.17) is 4.74 Å². The molecule has 0 aliphatic carbocycles. The van der Waals surface area contributed by atoms with Crippen molar-refractivity contribution in [3.63, 3.8) is 0 Å². The second-order valence-corrected chi connectivity index (χ2v) is 9.00. The van der Waals surface area contributed by atoms with Crippen LogP contribution in [0.3, 0.4) is 0 Å². The third-order valence-corrected chi connectivity index (χ3v) is 5.87. The van der Waals surface area contributed by atoms with Gasteiger partial charge >= 0.3 is 5.69 Å². The molecule has 7 nitrogen and oxygen atoms in total. The predicted octanol–water partition coefficient (Wildman–Crippen LogP) is 5.76. The van der Waals surface area contributed by atoms with Crippen LogP contribution in [0.1, 0.15) is 60.2 Å². The van der Waals surface area contributed by atoms with Crippen molar-refractivity contribution in [2.24, 2.45) is 0 Å². The molecule has 4 rings (SSSR count). The molecule has 0 radical (unpaired) electrons. The number of hydrogen-bond donors (Lipinski definition) is 1. The summed E-state index contributed by atoms with van der Waals surface area (Å²) in [5.41, 5.74) is 1.87. The van der Waals surface area contributed by atoms with Crippen molar-refractivity contribution in [3.8, 4) is 11.4 Å². The van der Waals surface area contributed by atoms with Gasteiger partial charge in [-0.15, -0.1) is 0 Å². The van der Waals surface area contributed by atoms with Gasteiger partial charge < -0.3 is 10.1 Å². The molecule has 36 heavy (non-hydrogen) atoms. The highest BCUT2D eigenvalue weighted by Crippen LogP contribution is 2.30. The number of hydrogen-bond acceptors (Lipinski definition) is 4. The van der Waals surface area contributed by atoms with Gasteiger partial charge in [-0.3, -0.25) is 9.36 Å². The quantitative estimate of drug-likeness (QED) is 0.359. The fraction of sp³-hybridized carbons (Fsp3) is 0.250. The smallest absolute Gasteiger partial charge is 0.351 e. The summed E-state index contributed by atoms with van der Waals surface area (Å²) < 4.78 is 24.1. The van der Waals surface area contributed by atoms with E-state index in [2.05, 4.69) is 10.4 Å². The van der Waals surface area contributed by atoms with Crippen molar-refractivity contribution in [3.05, 3.63) is 106 Å². The van der Waals surface area contributed by atoms with Gasteiger partial charge in [0.25, 0.3) is 5.91 Å². The van der Waals surface area contributed by atoms with Crippen LogP contribution >= 0.6 is 0 Å². The summed E-state index contributed by atoms with van der Waals surface area (Å²) in [4.78, 5) is 26.2. The van der Waals surface area contributed by atoms with E-state index in [1.165, 1.54) is 10.6 Å². The summed E-state index contributed by atoms with van der Waals surface area (Å²) >= 11 is 0. The molecule has 0 saturated heterocycles. The van der Waals surface area contributed by atoms with Crippen LogP contribution in [-0.2, 0) is 0 Å². The van der Waals surface area contributed by atoms with E-state index in [0.29, 0.717) is 11.5 Å². The lowest BCUT2D eigenvalue weighted by atomic mass is 10.1. The Morgan fingerprint density at radius 1 is 1.00 bits per heavy atom. The average Bonchev–Trinajstić information content (AvgIpc) is 3.14. The van der Waals surface area contributed by atoms with Gasteiger partial charge in [0.2, 0.25) is 0 Å². The van der Waals surface area contributed by atoms with Gasteiger partial charge in [0.1, 0.15) is 29.2 Å². The highest BCUT2D eigenvalue weighted by Gasteiger charge is 2.23. The zero-order chi connectivity index (χ0) is 26.0. The van der Waals surface area contributed by atoms with E-state index in [1.54, 1.807) is 13.0 Å². The number of benzene rings is 3. The number of aryl methyl sites for hydroxylation is 2. The second kappa shape index (κ2) is 10.2. The van der Waals surface area contributed by atoms with Gasteiger partial charge in [0, 0.05) is 17.8 Å². The van der Waals surface area contributed by atoms with E-state index in [-0.39, 0.29) is 23.0 Å². The molecule has 1 heterocycles. The van der Waals surface area contributed by atoms with Crippen LogP contribution in [0, 0.1) is 19.7 Å². The van der Waals surface area contributed by atoms with Crippen LogP contribution in [0.2, 0.25) is 0 Å². The monoisotopic (exact) mass is 488 g/mol. The summed E-state index contributed by atoms with van der Waals surface area (Å²) in [7, 11) is 0. The highest BCUT2D eigenvalue weighted by atomic mass is 19.1. The first-order valence-electron chi connectivity index (χ1n) is 11.8. The Balaban J connectivity index is 1.80. The number of nitrogens with one attached hydrogen (secondary N) is 1. The van der Waals surface area contributed by atoms with Crippen molar-refractivity contribution in [1.82, 2.24) is 14.3 Å². The largest absolute Gasteiger partial charge is 0.485 e. The molecule has 0 spiro atoms. The van der Waals surface area contributed by atoms with E-state index in [1.807, 2.05) is 76.2 Å². The molecule has 1 N–H and O–H groups in total. The van der Waals surface area contributed by atoms with Gasteiger partial charge in [-0.25, -0.2) is 9.18 Å². The Bertz CT molecular complexity index is 1460. The normalized spacial score (nSPS) is 12.0. The lowest BCUT2D eigenvalue weighted by Crippen LogP contribution is -2.26. The molecule has 1 aromatic heterocycles. The number of carbonyl (C=O) groups is 1. The van der Waals surface area contributed by atoms with Crippen molar-refractivity contribution in [2.75, 3.05) is 5.32 Å². The number of rotatable bonds is 7. The minimum Gasteiger partial charge on any atom is -0.485 e. The van der Waals surface area contributed by atoms with Gasteiger partial charge in [0.05, 0.1) is 5.56 Å². The Morgan fingerprint density at radius 2 is 1.72 bits per heavy atom. The first kappa shape index (κ1) is 24.9. The highest BCUT2D eigenvalue weighted by molar-refractivity contribution is 6.06. The van der Waals surface area contributed by atoms with Crippen molar-refractivity contribution in [2.45, 2.75) is 46.8 Å². The molecule has 1 atom stereocenters. The molecular weight excluding hydrogens is 459 g/mol. The van der Waals surface area contributed by atoms with Gasteiger partial charge in [-0.1, -0.05) is 42.5 Å². The molecule has 0 fully saturated rings. The lowest BCUT2D eigenvalue weighted by molar-refractivity contribution is 0.101. The van der Waals surface area contributed by atoms with Gasteiger partial charge in [0.15, 0.2) is 0 Å². The molecule has 0 saturated carbocycles. The number of nitrogens with zero attached hydrogens (tertiary/aromatic N) is 3. The number of aromatic nitrogens is 3. The summed E-state index contributed by atoms with van der Waals surface area (Å²) in [6, 6.07) is 19.1. The fourth-order valence-corrected chi connectivity index (χ4v) is 4.11. The van der Waals surface area contributed by atoms with Crippen LogP contribution in [0.4, 0.5) is 10.1 Å². The zero-order valence-corrected chi connectivity index (χ0v) is 20.9. The number of carbonyl (C=O) groups excluding carboxylic acids is 1. The van der Waals surface area contributed by atoms with E-state index < -0.39 is 23.5 Å². The second-order valence-electron chi connectivity index (χ2n) is 9.00. The van der Waals surface area contributed by atoms with Gasteiger partial charge in [-0.2, -0.15) is 9.78 Å². The van der Waals surface area contributed by atoms with Crippen LogP contribution in [0.15, 0.2) is 71.5 Å². The summed E-state index contributed by atoms with van der Waals surface area (Å²) in [6.07, 6.45) is -0.443. The van der Waals surface area contributed by atoms with Crippen LogP contribution < -0.4 is 15.7 Å². The summed E-state index contributed by atoms with van der Waals surface area (Å²) in [5.74, 6) is -0.704. The number of ether oxygens (including phenoxy) is 1. The van der Waals surface area contributed by atoms with E-state index in [0.717, 1.165) is 21.9 Å². The number of halogens is 1. The molecule has 1 amide bonds. The average molecular weight is 489 g/mol. The maximum absolute atomic E-state index is 15.4. The third-order valence-electron chi connectivity index (χ3n) is 5.87. The fourth-order valence-electron chi connectivity index (χ4n) is 4.11. The molecule has 0 aliphatic heterocycles. The maximum Gasteiger partial charge on any atom is 0.351 e. The molecule has 3 aromatic carbocycles. The molecule has 0 aliphatic rings. The molecule has 0 unspecified atom stereocenters. The van der Waals surface area contributed by atoms with Crippen molar-refractivity contribution >= 4 is 11.6 Å². The first-order chi connectivity index (χ1) is 17.2. The number of anilines is 1. The van der Waals surface area contributed by atoms with Crippen LogP contribution in [-0.4, -0.2) is 20.3 Å². The minimum atomic E-state index is -0.764. The Kier molecular flexibility index (Phi) is 7.05. The Morgan fingerprint density at radius 3 is 2.36 bits per heavy atom. The SMILES string of the molecule is Cc1cccc(NC(=O)c2cc(F)c(-n3nc(C)n(C(C)C)c3=O)cc2O[C@@H](C)c2ccccc2)c1. The molecule has 8 heteroatoms. The van der Waals surface area contributed by atoms with Gasteiger partial charge in [-0.05, 0) is 63.9 Å². The number of amides is 1. The Hall–Kier alpha value is -4.20.